The molecule has 1 amide bonds. The number of carbonyl (C=O) groups excluding carboxylic acids is 1. The summed E-state index contributed by atoms with van der Waals surface area (Å²) in [7, 11) is 0. The summed E-state index contributed by atoms with van der Waals surface area (Å²) in [5.41, 5.74) is 6.44. The Kier molecular flexibility index (Phi) is 5.19. The van der Waals surface area contributed by atoms with Crippen molar-refractivity contribution in [1.29, 1.82) is 0 Å². The van der Waals surface area contributed by atoms with E-state index in [9.17, 15) is 9.18 Å². The van der Waals surface area contributed by atoms with Crippen LogP contribution in [0.1, 0.15) is 24.8 Å². The molecule has 1 saturated carbocycles. The summed E-state index contributed by atoms with van der Waals surface area (Å²) in [6, 6.07) is 4.94. The van der Waals surface area contributed by atoms with Crippen molar-refractivity contribution in [3.63, 3.8) is 0 Å². The van der Waals surface area contributed by atoms with Crippen LogP contribution in [-0.2, 0) is 11.3 Å². The van der Waals surface area contributed by atoms with Gasteiger partial charge in [-0.2, -0.15) is 0 Å². The number of nitrogens with two attached hydrogens (primary N) is 1. The Morgan fingerprint density at radius 2 is 2.00 bits per heavy atom. The fourth-order valence-electron chi connectivity index (χ4n) is 3.53. The first kappa shape index (κ1) is 16.7. The lowest BCUT2D eigenvalue weighted by atomic mass is 10.1. The van der Waals surface area contributed by atoms with E-state index >= 15 is 0 Å². The fourth-order valence-corrected chi connectivity index (χ4v) is 3.76. The third-order valence-corrected chi connectivity index (χ3v) is 5.30. The van der Waals surface area contributed by atoms with Crippen molar-refractivity contribution >= 4 is 17.5 Å². The average molecular weight is 340 g/mol. The van der Waals surface area contributed by atoms with Crippen LogP contribution in [0.25, 0.3) is 0 Å². The minimum absolute atomic E-state index is 0.0950. The van der Waals surface area contributed by atoms with Gasteiger partial charge < -0.3 is 10.6 Å². The van der Waals surface area contributed by atoms with Gasteiger partial charge in [0.15, 0.2) is 0 Å². The van der Waals surface area contributed by atoms with Crippen molar-refractivity contribution in [3.05, 3.63) is 34.6 Å². The van der Waals surface area contributed by atoms with Crippen LogP contribution in [-0.4, -0.2) is 47.9 Å². The average Bonchev–Trinajstić information content (AvgIpc) is 2.97. The van der Waals surface area contributed by atoms with E-state index in [2.05, 4.69) is 4.90 Å². The number of rotatable bonds is 3. The lowest BCUT2D eigenvalue weighted by molar-refractivity contribution is -0.137. The minimum atomic E-state index is -0.268. The van der Waals surface area contributed by atoms with Gasteiger partial charge in [-0.3, -0.25) is 9.69 Å². The molecule has 0 unspecified atom stereocenters. The summed E-state index contributed by atoms with van der Waals surface area (Å²) < 4.78 is 13.9. The number of amides is 1. The van der Waals surface area contributed by atoms with E-state index in [-0.39, 0.29) is 23.7 Å². The van der Waals surface area contributed by atoms with Gasteiger partial charge in [-0.1, -0.05) is 17.7 Å². The molecule has 0 bridgehead atoms. The smallest absolute Gasteiger partial charge is 0.225 e. The fraction of sp³-hybridized carbons (Fsp3) is 0.588. The van der Waals surface area contributed by atoms with E-state index < -0.39 is 0 Å². The first-order valence-corrected chi connectivity index (χ1v) is 8.62. The van der Waals surface area contributed by atoms with Crippen LogP contribution in [0.2, 0.25) is 5.02 Å². The van der Waals surface area contributed by atoms with Crippen molar-refractivity contribution in [2.45, 2.75) is 31.8 Å². The predicted octanol–water partition coefficient (Wildman–Crippen LogP) is 2.25. The molecule has 1 heterocycles. The number of hydrogen-bond donors (Lipinski definition) is 1. The van der Waals surface area contributed by atoms with Gasteiger partial charge in [-0.25, -0.2) is 4.39 Å². The largest absolute Gasteiger partial charge is 0.340 e. The molecular formula is C17H23ClFN3O. The molecular weight excluding hydrogens is 317 g/mol. The van der Waals surface area contributed by atoms with E-state index in [0.717, 1.165) is 32.4 Å². The molecule has 1 aliphatic carbocycles. The highest BCUT2D eigenvalue weighted by atomic mass is 35.5. The van der Waals surface area contributed by atoms with Gasteiger partial charge in [0.2, 0.25) is 5.91 Å². The Morgan fingerprint density at radius 1 is 1.26 bits per heavy atom. The van der Waals surface area contributed by atoms with E-state index in [1.54, 1.807) is 12.1 Å². The molecule has 1 aromatic rings. The number of halogens is 2. The summed E-state index contributed by atoms with van der Waals surface area (Å²) in [5, 5.41) is 0.462. The summed E-state index contributed by atoms with van der Waals surface area (Å²) >= 11 is 6.08. The zero-order valence-corrected chi connectivity index (χ0v) is 13.9. The van der Waals surface area contributed by atoms with Gasteiger partial charge in [0.05, 0.1) is 0 Å². The van der Waals surface area contributed by atoms with Crippen LogP contribution in [0, 0.1) is 11.7 Å². The Labute approximate surface area is 141 Å². The number of nitrogens with zero attached hydrogens (tertiary/aromatic N) is 2. The second kappa shape index (κ2) is 7.16. The maximum Gasteiger partial charge on any atom is 0.225 e. The molecule has 6 heteroatoms. The Hall–Kier alpha value is -1.17. The van der Waals surface area contributed by atoms with Gasteiger partial charge in [-0.05, 0) is 31.4 Å². The molecule has 23 heavy (non-hydrogen) atoms. The molecule has 2 fully saturated rings. The molecule has 0 aromatic heterocycles. The lowest BCUT2D eigenvalue weighted by Gasteiger charge is -2.36. The van der Waals surface area contributed by atoms with E-state index in [0.29, 0.717) is 30.2 Å². The van der Waals surface area contributed by atoms with E-state index in [1.165, 1.54) is 6.07 Å². The normalized spacial score (nSPS) is 25.8. The molecule has 2 N–H and O–H groups in total. The zero-order valence-electron chi connectivity index (χ0n) is 13.2. The van der Waals surface area contributed by atoms with Crippen LogP contribution >= 0.6 is 11.6 Å². The van der Waals surface area contributed by atoms with Crippen molar-refractivity contribution in [1.82, 2.24) is 9.80 Å². The Balaban J connectivity index is 1.53. The summed E-state index contributed by atoms with van der Waals surface area (Å²) in [6.07, 6.45) is 2.66. The first-order valence-electron chi connectivity index (χ1n) is 8.24. The van der Waals surface area contributed by atoms with E-state index in [1.807, 2.05) is 4.90 Å². The number of piperazine rings is 1. The van der Waals surface area contributed by atoms with Crippen LogP contribution < -0.4 is 5.73 Å². The van der Waals surface area contributed by atoms with Gasteiger partial charge in [-0.15, -0.1) is 0 Å². The Bertz CT molecular complexity index is 555. The molecule has 2 aliphatic rings. The highest BCUT2D eigenvalue weighted by Gasteiger charge is 2.32. The maximum atomic E-state index is 13.9. The van der Waals surface area contributed by atoms with Crippen molar-refractivity contribution in [2.75, 3.05) is 26.2 Å². The molecule has 1 aliphatic heterocycles. The second-order valence-corrected chi connectivity index (χ2v) is 6.98. The predicted molar refractivity (Wildman–Crippen MR) is 88.6 cm³/mol. The molecule has 4 nitrogen and oxygen atoms in total. The monoisotopic (exact) mass is 339 g/mol. The topological polar surface area (TPSA) is 49.6 Å². The second-order valence-electron chi connectivity index (χ2n) is 6.57. The van der Waals surface area contributed by atoms with E-state index in [4.69, 9.17) is 17.3 Å². The molecule has 0 radical (unpaired) electrons. The van der Waals surface area contributed by atoms with Crippen LogP contribution in [0.4, 0.5) is 4.39 Å². The number of carbonyl (C=O) groups is 1. The first-order chi connectivity index (χ1) is 11.0. The van der Waals surface area contributed by atoms with Crippen molar-refractivity contribution < 1.29 is 9.18 Å². The molecule has 126 valence electrons. The number of benzene rings is 1. The summed E-state index contributed by atoms with van der Waals surface area (Å²) in [6.45, 7) is 3.36. The number of hydrogen-bond acceptors (Lipinski definition) is 3. The maximum absolute atomic E-state index is 13.9. The molecule has 0 spiro atoms. The third-order valence-electron chi connectivity index (χ3n) is 4.95. The quantitative estimate of drug-likeness (QED) is 0.919. The molecule has 3 rings (SSSR count). The van der Waals surface area contributed by atoms with Gasteiger partial charge in [0.1, 0.15) is 5.82 Å². The van der Waals surface area contributed by atoms with Crippen molar-refractivity contribution in [3.8, 4) is 0 Å². The minimum Gasteiger partial charge on any atom is -0.340 e. The van der Waals surface area contributed by atoms with Gasteiger partial charge in [0.25, 0.3) is 0 Å². The molecule has 1 saturated heterocycles. The zero-order chi connectivity index (χ0) is 16.4. The third kappa shape index (κ3) is 3.84. The van der Waals surface area contributed by atoms with Crippen LogP contribution in [0.3, 0.4) is 0 Å². The summed E-state index contributed by atoms with van der Waals surface area (Å²) in [5.74, 6) is 0.0648. The Morgan fingerprint density at radius 3 is 2.61 bits per heavy atom. The SMILES string of the molecule is N[C@@H]1CC[C@@H](C(=O)N2CCN(Cc3c(F)cccc3Cl)CC2)C1. The highest BCUT2D eigenvalue weighted by Crippen LogP contribution is 2.27. The van der Waals surface area contributed by atoms with Crippen LogP contribution in [0.5, 0.6) is 0 Å². The molecule has 1 aromatic carbocycles. The highest BCUT2D eigenvalue weighted by molar-refractivity contribution is 6.31. The van der Waals surface area contributed by atoms with Crippen LogP contribution in [0.15, 0.2) is 18.2 Å². The van der Waals surface area contributed by atoms with Crippen molar-refractivity contribution in [2.24, 2.45) is 11.7 Å². The standard InChI is InChI=1S/C17H23ClFN3O/c18-15-2-1-3-16(19)14(15)11-21-6-8-22(9-7-21)17(23)12-4-5-13(20)10-12/h1-3,12-13H,4-11,20H2/t12-,13-/m1/s1. The summed E-state index contributed by atoms with van der Waals surface area (Å²) in [4.78, 5) is 16.6. The molecule has 2 atom stereocenters. The lowest BCUT2D eigenvalue weighted by Crippen LogP contribution is -2.49. The van der Waals surface area contributed by atoms with Gasteiger partial charge in [0, 0.05) is 55.3 Å². The van der Waals surface area contributed by atoms with Gasteiger partial charge >= 0.3 is 0 Å².